The maximum atomic E-state index is 12.7. The Morgan fingerprint density at radius 1 is 1.23 bits per heavy atom. The predicted molar refractivity (Wildman–Crippen MR) is 109 cm³/mol. The molecule has 26 heavy (non-hydrogen) atoms. The van der Waals surface area contributed by atoms with Gasteiger partial charge in [0.25, 0.3) is 0 Å². The van der Waals surface area contributed by atoms with Crippen LogP contribution in [0.25, 0.3) is 0 Å². The van der Waals surface area contributed by atoms with Gasteiger partial charge < -0.3 is 10.2 Å². The lowest BCUT2D eigenvalue weighted by Crippen LogP contribution is -2.29. The third kappa shape index (κ3) is 3.68. The zero-order valence-electron chi connectivity index (χ0n) is 15.3. The van der Waals surface area contributed by atoms with E-state index >= 15 is 0 Å². The van der Waals surface area contributed by atoms with Crippen LogP contribution in [0.15, 0.2) is 40.9 Å². The van der Waals surface area contributed by atoms with E-state index in [1.807, 2.05) is 50.2 Å². The van der Waals surface area contributed by atoms with Gasteiger partial charge in [-0.3, -0.25) is 9.59 Å². The minimum Gasteiger partial charge on any atom is -0.326 e. The van der Waals surface area contributed by atoms with Crippen molar-refractivity contribution in [2.45, 2.75) is 33.6 Å². The molecule has 0 saturated carbocycles. The summed E-state index contributed by atoms with van der Waals surface area (Å²) in [7, 11) is 0. The van der Waals surface area contributed by atoms with E-state index in [-0.39, 0.29) is 24.2 Å². The maximum Gasteiger partial charge on any atom is 0.229 e. The first kappa shape index (κ1) is 18.6. The average Bonchev–Trinajstić information content (AvgIpc) is 3.01. The summed E-state index contributed by atoms with van der Waals surface area (Å²) in [4.78, 5) is 27.0. The lowest BCUT2D eigenvalue weighted by molar-refractivity contribution is -0.122. The van der Waals surface area contributed by atoms with Gasteiger partial charge in [-0.25, -0.2) is 0 Å². The van der Waals surface area contributed by atoms with Crippen LogP contribution in [0.3, 0.4) is 0 Å². The van der Waals surface area contributed by atoms with Crippen LogP contribution >= 0.6 is 15.9 Å². The van der Waals surface area contributed by atoms with Crippen molar-refractivity contribution in [1.82, 2.24) is 0 Å². The zero-order valence-corrected chi connectivity index (χ0v) is 16.9. The molecule has 0 unspecified atom stereocenters. The van der Waals surface area contributed by atoms with E-state index in [0.29, 0.717) is 6.54 Å². The molecule has 4 nitrogen and oxygen atoms in total. The summed E-state index contributed by atoms with van der Waals surface area (Å²) in [6, 6.07) is 11.9. The van der Waals surface area contributed by atoms with Crippen LogP contribution in [0, 0.1) is 19.8 Å². The second kappa shape index (κ2) is 7.62. The first-order chi connectivity index (χ1) is 12.4. The van der Waals surface area contributed by atoms with Crippen LogP contribution in [0.5, 0.6) is 0 Å². The molecule has 1 aliphatic heterocycles. The number of nitrogens with one attached hydrogen (secondary N) is 1. The molecule has 1 N–H and O–H groups in total. The fourth-order valence-corrected chi connectivity index (χ4v) is 3.80. The molecule has 1 aliphatic rings. The summed E-state index contributed by atoms with van der Waals surface area (Å²) in [6.45, 7) is 6.45. The SMILES string of the molecule is CCc1ccccc1N1C[C@H](C(=O)Nc2cc(C)c(Br)cc2C)CC1=O. The summed E-state index contributed by atoms with van der Waals surface area (Å²) in [5.41, 5.74) is 4.91. The van der Waals surface area contributed by atoms with Crippen LogP contribution in [0.1, 0.15) is 30.0 Å². The monoisotopic (exact) mass is 414 g/mol. The highest BCUT2D eigenvalue weighted by Crippen LogP contribution is 2.30. The molecule has 1 atom stereocenters. The third-order valence-corrected chi connectivity index (χ3v) is 5.78. The van der Waals surface area contributed by atoms with Crippen molar-refractivity contribution in [2.75, 3.05) is 16.8 Å². The van der Waals surface area contributed by atoms with Gasteiger partial charge in [0, 0.05) is 28.8 Å². The molecule has 2 amide bonds. The average molecular weight is 415 g/mol. The second-order valence-corrected chi connectivity index (χ2v) is 7.65. The number of hydrogen-bond acceptors (Lipinski definition) is 2. The first-order valence-corrected chi connectivity index (χ1v) is 9.66. The van der Waals surface area contributed by atoms with Crippen LogP contribution in [-0.2, 0) is 16.0 Å². The lowest BCUT2D eigenvalue weighted by Gasteiger charge is -2.20. The molecule has 1 saturated heterocycles. The number of benzene rings is 2. The topological polar surface area (TPSA) is 49.4 Å². The molecule has 0 radical (unpaired) electrons. The van der Waals surface area contributed by atoms with E-state index in [0.717, 1.165) is 39.0 Å². The van der Waals surface area contributed by atoms with E-state index in [9.17, 15) is 9.59 Å². The van der Waals surface area contributed by atoms with E-state index in [2.05, 4.69) is 28.2 Å². The molecular weight excluding hydrogens is 392 g/mol. The molecule has 0 aromatic heterocycles. The van der Waals surface area contributed by atoms with Crippen molar-refractivity contribution < 1.29 is 9.59 Å². The van der Waals surface area contributed by atoms with Gasteiger partial charge in [0.2, 0.25) is 11.8 Å². The second-order valence-electron chi connectivity index (χ2n) is 6.79. The Morgan fingerprint density at radius 3 is 2.69 bits per heavy atom. The van der Waals surface area contributed by atoms with Gasteiger partial charge in [-0.1, -0.05) is 41.1 Å². The van der Waals surface area contributed by atoms with E-state index in [1.54, 1.807) is 4.90 Å². The highest BCUT2D eigenvalue weighted by molar-refractivity contribution is 9.10. The van der Waals surface area contributed by atoms with Crippen LogP contribution < -0.4 is 10.2 Å². The van der Waals surface area contributed by atoms with Crippen LogP contribution in [-0.4, -0.2) is 18.4 Å². The Labute approximate surface area is 162 Å². The summed E-state index contributed by atoms with van der Waals surface area (Å²) >= 11 is 3.50. The number of nitrogens with zero attached hydrogens (tertiary/aromatic N) is 1. The molecule has 0 aliphatic carbocycles. The summed E-state index contributed by atoms with van der Waals surface area (Å²) < 4.78 is 1.02. The Bertz CT molecular complexity index is 863. The number of anilines is 2. The number of para-hydroxylation sites is 1. The van der Waals surface area contributed by atoms with Gasteiger partial charge >= 0.3 is 0 Å². The van der Waals surface area contributed by atoms with Crippen LogP contribution in [0.4, 0.5) is 11.4 Å². The Kier molecular flexibility index (Phi) is 5.47. The normalized spacial score (nSPS) is 16.8. The molecule has 3 rings (SSSR count). The standard InChI is InChI=1S/C21H23BrN2O2/c1-4-15-7-5-6-8-19(15)24-12-16(11-20(24)25)21(26)23-18-10-13(2)17(22)9-14(18)3/h5-10,16H,4,11-12H2,1-3H3,(H,23,26)/t16-/m1/s1. The van der Waals surface area contributed by atoms with Crippen molar-refractivity contribution in [3.63, 3.8) is 0 Å². The largest absolute Gasteiger partial charge is 0.326 e. The predicted octanol–water partition coefficient (Wildman–Crippen LogP) is 4.62. The third-order valence-electron chi connectivity index (χ3n) is 4.92. The molecule has 0 bridgehead atoms. The summed E-state index contributed by atoms with van der Waals surface area (Å²) in [5.74, 6) is -0.426. The Hall–Kier alpha value is -2.14. The van der Waals surface area contributed by atoms with Gasteiger partial charge in [0.15, 0.2) is 0 Å². The van der Waals surface area contributed by atoms with Crippen molar-refractivity contribution in [2.24, 2.45) is 5.92 Å². The fraction of sp³-hybridized carbons (Fsp3) is 0.333. The number of carbonyl (C=O) groups is 2. The molecular formula is C21H23BrN2O2. The highest BCUT2D eigenvalue weighted by Gasteiger charge is 2.35. The highest BCUT2D eigenvalue weighted by atomic mass is 79.9. The lowest BCUT2D eigenvalue weighted by atomic mass is 10.1. The van der Waals surface area contributed by atoms with Gasteiger partial charge in [-0.15, -0.1) is 0 Å². The summed E-state index contributed by atoms with van der Waals surface area (Å²) in [6.07, 6.45) is 1.10. The fourth-order valence-electron chi connectivity index (χ4n) is 3.34. The van der Waals surface area contributed by atoms with Crippen molar-refractivity contribution >= 4 is 39.1 Å². The smallest absolute Gasteiger partial charge is 0.229 e. The van der Waals surface area contributed by atoms with Crippen molar-refractivity contribution in [3.8, 4) is 0 Å². The number of rotatable bonds is 4. The van der Waals surface area contributed by atoms with Gasteiger partial charge in [0.1, 0.15) is 0 Å². The number of aryl methyl sites for hydroxylation is 3. The van der Waals surface area contributed by atoms with Crippen LogP contribution in [0.2, 0.25) is 0 Å². The van der Waals surface area contributed by atoms with Crippen molar-refractivity contribution in [1.29, 1.82) is 0 Å². The van der Waals surface area contributed by atoms with Gasteiger partial charge in [-0.2, -0.15) is 0 Å². The number of halogens is 1. The number of carbonyl (C=O) groups excluding carboxylic acids is 2. The van der Waals surface area contributed by atoms with E-state index in [4.69, 9.17) is 0 Å². The zero-order chi connectivity index (χ0) is 18.8. The number of amides is 2. The van der Waals surface area contributed by atoms with E-state index in [1.165, 1.54) is 0 Å². The quantitative estimate of drug-likeness (QED) is 0.792. The molecule has 5 heteroatoms. The Balaban J connectivity index is 1.76. The maximum absolute atomic E-state index is 12.7. The minimum atomic E-state index is -0.337. The van der Waals surface area contributed by atoms with Gasteiger partial charge in [-0.05, 0) is 55.2 Å². The Morgan fingerprint density at radius 2 is 1.96 bits per heavy atom. The molecule has 2 aromatic carbocycles. The molecule has 1 heterocycles. The minimum absolute atomic E-state index is 0.00904. The van der Waals surface area contributed by atoms with E-state index < -0.39 is 0 Å². The molecule has 2 aromatic rings. The number of hydrogen-bond donors (Lipinski definition) is 1. The first-order valence-electron chi connectivity index (χ1n) is 8.86. The van der Waals surface area contributed by atoms with Crippen molar-refractivity contribution in [3.05, 3.63) is 57.6 Å². The molecule has 1 fully saturated rings. The summed E-state index contributed by atoms with van der Waals surface area (Å²) in [5, 5.41) is 3.00. The molecule has 0 spiro atoms. The van der Waals surface area contributed by atoms with Gasteiger partial charge in [0.05, 0.1) is 5.92 Å². The molecule has 136 valence electrons.